The predicted octanol–water partition coefficient (Wildman–Crippen LogP) is 7.34. The van der Waals surface area contributed by atoms with E-state index in [1.54, 1.807) is 18.2 Å². The van der Waals surface area contributed by atoms with Crippen LogP contribution in [0.3, 0.4) is 0 Å². The first-order valence-electron chi connectivity index (χ1n) is 11.2. The predicted molar refractivity (Wildman–Crippen MR) is 128 cm³/mol. The van der Waals surface area contributed by atoms with E-state index in [1.807, 2.05) is 0 Å². The molecule has 1 amide bonds. The Morgan fingerprint density at radius 2 is 1.74 bits per heavy atom. The molecule has 0 aromatic heterocycles. The first-order valence-corrected chi connectivity index (χ1v) is 12.8. The van der Waals surface area contributed by atoms with Crippen LogP contribution in [-0.2, 0) is 26.5 Å². The summed E-state index contributed by atoms with van der Waals surface area (Å²) in [7, 11) is 0. The number of hydrogen-bond donors (Lipinski definition) is 0. The maximum Gasteiger partial charge on any atom is 0.409 e. The molecule has 4 nitrogen and oxygen atoms in total. The van der Waals surface area contributed by atoms with E-state index >= 15 is 0 Å². The number of benzene rings is 2. The lowest BCUT2D eigenvalue weighted by Crippen LogP contribution is -2.61. The molecule has 0 radical (unpaired) electrons. The van der Waals surface area contributed by atoms with Crippen LogP contribution in [0, 0.1) is 5.82 Å². The second kappa shape index (κ2) is 9.28. The van der Waals surface area contributed by atoms with Gasteiger partial charge in [0.1, 0.15) is 5.60 Å². The van der Waals surface area contributed by atoms with E-state index in [-0.39, 0.29) is 31.0 Å². The number of alkyl halides is 6. The summed E-state index contributed by atoms with van der Waals surface area (Å²) < 4.78 is 102. The van der Waals surface area contributed by atoms with Gasteiger partial charge in [-0.2, -0.15) is 26.3 Å². The van der Waals surface area contributed by atoms with E-state index in [9.17, 15) is 35.5 Å². The van der Waals surface area contributed by atoms with E-state index in [1.165, 1.54) is 4.90 Å². The van der Waals surface area contributed by atoms with Crippen molar-refractivity contribution in [3.8, 4) is 0 Å². The fourth-order valence-electron chi connectivity index (χ4n) is 4.89. The molecule has 5 rings (SSSR count). The number of carbonyl (C=O) groups excluding carboxylic acids is 1. The van der Waals surface area contributed by atoms with Crippen LogP contribution >= 0.6 is 35.1 Å². The van der Waals surface area contributed by atoms with Crippen molar-refractivity contribution < 1.29 is 40.3 Å². The van der Waals surface area contributed by atoms with Gasteiger partial charge in [0.05, 0.1) is 41.9 Å². The van der Waals surface area contributed by atoms with Crippen molar-refractivity contribution in [2.75, 3.05) is 13.1 Å². The monoisotopic (exact) mass is 600 g/mol. The van der Waals surface area contributed by atoms with E-state index < -0.39 is 63.7 Å². The molecule has 1 saturated heterocycles. The zero-order valence-corrected chi connectivity index (χ0v) is 21.5. The van der Waals surface area contributed by atoms with Crippen molar-refractivity contribution in [1.82, 2.24) is 4.90 Å². The zero-order chi connectivity index (χ0) is 27.7. The van der Waals surface area contributed by atoms with E-state index in [0.717, 1.165) is 17.7 Å². The summed E-state index contributed by atoms with van der Waals surface area (Å²) >= 11 is 11.9. The van der Waals surface area contributed by atoms with Crippen molar-refractivity contribution >= 4 is 46.8 Å². The van der Waals surface area contributed by atoms with E-state index in [2.05, 4.69) is 4.40 Å². The van der Waals surface area contributed by atoms with Crippen molar-refractivity contribution in [3.05, 3.63) is 68.4 Å². The van der Waals surface area contributed by atoms with Gasteiger partial charge in [-0.3, -0.25) is 4.79 Å². The first kappa shape index (κ1) is 27.5. The number of halogens is 9. The summed E-state index contributed by atoms with van der Waals surface area (Å²) in [6.07, 6.45) is -11.6. The summed E-state index contributed by atoms with van der Waals surface area (Å²) in [5.41, 5.74) is 0.829. The fourth-order valence-corrected chi connectivity index (χ4v) is 6.34. The smallest absolute Gasteiger partial charge is 0.362 e. The van der Waals surface area contributed by atoms with Gasteiger partial charge >= 0.3 is 12.4 Å². The lowest BCUT2D eigenvalue weighted by molar-refractivity contribution is -0.174. The third-order valence-electron chi connectivity index (χ3n) is 6.94. The molecule has 3 aliphatic heterocycles. The number of fused-ring (bicyclic) bond motifs is 2. The summed E-state index contributed by atoms with van der Waals surface area (Å²) in [5.74, 6) is -1.63. The number of likely N-dealkylation sites (tertiary alicyclic amines) is 1. The van der Waals surface area contributed by atoms with Gasteiger partial charge in [0.2, 0.25) is 5.91 Å². The maximum absolute atomic E-state index is 14.4. The highest BCUT2D eigenvalue weighted by molar-refractivity contribution is 7.99. The van der Waals surface area contributed by atoms with Gasteiger partial charge < -0.3 is 9.64 Å². The minimum atomic E-state index is -4.77. The van der Waals surface area contributed by atoms with E-state index in [0.29, 0.717) is 23.1 Å². The Labute approximate surface area is 226 Å². The quantitative estimate of drug-likeness (QED) is 0.209. The molecule has 204 valence electrons. The van der Waals surface area contributed by atoms with Gasteiger partial charge in [0.25, 0.3) is 0 Å². The summed E-state index contributed by atoms with van der Waals surface area (Å²) in [4.78, 5) is 13.4. The fraction of sp³-hybridized carbons (Fsp3) is 0.417. The summed E-state index contributed by atoms with van der Waals surface area (Å²) in [6, 6.07) is 6.75. The molecule has 0 N–H and O–H groups in total. The lowest BCUT2D eigenvalue weighted by atomic mass is 9.83. The Kier molecular flexibility index (Phi) is 6.72. The standard InChI is InChI=1S/C24H17Cl2F7N2O2S/c25-16-6-14(7-17(26)20(16)27)22(24(31,32)33)8-18(34-38-22)12-1-2-15-13(5-12)9-37-21(15)10-35(11-21)19(36)3-4-23(28,29)30/h1-2,5-7H,3-4,8-11H2/t22-/m0/s1. The van der Waals surface area contributed by atoms with Crippen LogP contribution < -0.4 is 0 Å². The van der Waals surface area contributed by atoms with Crippen molar-refractivity contribution in [1.29, 1.82) is 0 Å². The first-order chi connectivity index (χ1) is 17.6. The molecule has 2 aromatic carbocycles. The van der Waals surface area contributed by atoms with Crippen LogP contribution in [0.15, 0.2) is 34.7 Å². The Morgan fingerprint density at radius 1 is 1.08 bits per heavy atom. The number of nitrogens with zero attached hydrogens (tertiary/aromatic N) is 2. The van der Waals surface area contributed by atoms with Crippen molar-refractivity contribution in [3.63, 3.8) is 0 Å². The minimum absolute atomic E-state index is 0.0934. The number of ether oxygens (including phenoxy) is 1. The van der Waals surface area contributed by atoms with Gasteiger partial charge in [-0.05, 0) is 52.4 Å². The molecule has 1 atom stereocenters. The highest BCUT2D eigenvalue weighted by atomic mass is 35.5. The maximum atomic E-state index is 14.4. The molecule has 0 unspecified atom stereocenters. The molecular weight excluding hydrogens is 584 g/mol. The normalized spacial score (nSPS) is 22.4. The highest BCUT2D eigenvalue weighted by Gasteiger charge is 2.60. The molecular formula is C24H17Cl2F7N2O2S. The molecule has 0 aliphatic carbocycles. The van der Waals surface area contributed by atoms with Crippen LogP contribution in [0.25, 0.3) is 0 Å². The molecule has 2 aromatic rings. The van der Waals surface area contributed by atoms with Crippen LogP contribution in [-0.4, -0.2) is 42.0 Å². The molecule has 14 heteroatoms. The molecule has 3 aliphatic rings. The molecule has 0 bridgehead atoms. The van der Waals surface area contributed by atoms with Gasteiger partial charge in [-0.25, -0.2) is 8.79 Å². The largest absolute Gasteiger partial charge is 0.409 e. The SMILES string of the molecule is O=C(CCC(F)(F)F)N1CC2(C1)OCc1cc(C3=NS[C@@](c4cc(Cl)c(F)c(Cl)c4)(C(F)(F)F)C3)ccc12. The van der Waals surface area contributed by atoms with Crippen molar-refractivity contribution in [2.24, 2.45) is 4.40 Å². The van der Waals surface area contributed by atoms with Crippen LogP contribution in [0.4, 0.5) is 30.7 Å². The number of carbonyl (C=O) groups is 1. The van der Waals surface area contributed by atoms with Crippen LogP contribution in [0.1, 0.15) is 41.5 Å². The molecule has 3 heterocycles. The molecule has 1 fully saturated rings. The second-order valence-electron chi connectivity index (χ2n) is 9.40. The molecule has 1 spiro atoms. The molecule has 38 heavy (non-hydrogen) atoms. The summed E-state index contributed by atoms with van der Waals surface area (Å²) in [5, 5.41) is -1.06. The lowest BCUT2D eigenvalue weighted by Gasteiger charge is -2.47. The van der Waals surface area contributed by atoms with Gasteiger partial charge in [0, 0.05) is 12.8 Å². The Bertz CT molecular complexity index is 1320. The van der Waals surface area contributed by atoms with Crippen LogP contribution in [0.2, 0.25) is 10.0 Å². The average Bonchev–Trinajstić information content (AvgIpc) is 3.42. The highest BCUT2D eigenvalue weighted by Crippen LogP contribution is 2.57. The second-order valence-corrected chi connectivity index (χ2v) is 11.3. The number of amides is 1. The Hall–Kier alpha value is -2.02. The third-order valence-corrected chi connectivity index (χ3v) is 8.72. The van der Waals surface area contributed by atoms with Crippen LogP contribution in [0.5, 0.6) is 0 Å². The Balaban J connectivity index is 1.34. The Morgan fingerprint density at radius 3 is 2.34 bits per heavy atom. The van der Waals surface area contributed by atoms with E-state index in [4.69, 9.17) is 27.9 Å². The molecule has 0 saturated carbocycles. The number of hydrogen-bond acceptors (Lipinski definition) is 4. The third kappa shape index (κ3) is 4.67. The topological polar surface area (TPSA) is 41.9 Å². The average molecular weight is 601 g/mol. The van der Waals surface area contributed by atoms with Gasteiger partial charge in [-0.15, -0.1) is 0 Å². The minimum Gasteiger partial charge on any atom is -0.362 e. The number of rotatable bonds is 4. The summed E-state index contributed by atoms with van der Waals surface area (Å²) in [6.45, 7) is 0.313. The van der Waals surface area contributed by atoms with Crippen molar-refractivity contribution in [2.45, 2.75) is 48.6 Å². The zero-order valence-electron chi connectivity index (χ0n) is 19.2. The van der Waals surface area contributed by atoms with Gasteiger partial charge in [0.15, 0.2) is 10.6 Å². The van der Waals surface area contributed by atoms with Gasteiger partial charge in [-0.1, -0.05) is 35.3 Å².